The largest absolute Gasteiger partial charge is 0.293 e. The molecular formula is C15H14O4S. The standard InChI is InChI=1S/C15H14O4S/c1-19-20(17,18)14-9-8-12-11-5-3-2-4-10(11)6-7-13(12)15(14)16/h2-7,14H,8-9H2,1H3. The SMILES string of the molecule is COS(=O)(=O)C1CCc2c(ccc3ccccc23)C1=O. The zero-order valence-electron chi connectivity index (χ0n) is 11.0. The summed E-state index contributed by atoms with van der Waals surface area (Å²) in [5, 5.41) is 1.000. The van der Waals surface area contributed by atoms with E-state index in [1.165, 1.54) is 0 Å². The van der Waals surface area contributed by atoms with Crippen molar-refractivity contribution >= 4 is 26.7 Å². The first-order chi connectivity index (χ1) is 9.54. The molecule has 0 radical (unpaired) electrons. The maximum absolute atomic E-state index is 12.4. The highest BCUT2D eigenvalue weighted by atomic mass is 32.2. The highest BCUT2D eigenvalue weighted by molar-refractivity contribution is 7.88. The van der Waals surface area contributed by atoms with E-state index >= 15 is 0 Å². The summed E-state index contributed by atoms with van der Waals surface area (Å²) in [7, 11) is -2.72. The smallest absolute Gasteiger partial charge is 0.277 e. The van der Waals surface area contributed by atoms with Crippen molar-refractivity contribution < 1.29 is 17.4 Å². The van der Waals surface area contributed by atoms with Gasteiger partial charge in [0.15, 0.2) is 5.78 Å². The van der Waals surface area contributed by atoms with Crippen LogP contribution in [0.3, 0.4) is 0 Å². The topological polar surface area (TPSA) is 60.4 Å². The monoisotopic (exact) mass is 290 g/mol. The summed E-state index contributed by atoms with van der Waals surface area (Å²) in [6, 6.07) is 11.4. The van der Waals surface area contributed by atoms with E-state index in [0.717, 1.165) is 23.4 Å². The molecule has 1 atom stereocenters. The molecule has 4 nitrogen and oxygen atoms in total. The van der Waals surface area contributed by atoms with E-state index in [1.807, 2.05) is 30.3 Å². The van der Waals surface area contributed by atoms with Crippen LogP contribution < -0.4 is 0 Å². The maximum Gasteiger partial charge on any atom is 0.277 e. The van der Waals surface area contributed by atoms with Gasteiger partial charge in [-0.15, -0.1) is 0 Å². The molecule has 3 rings (SSSR count). The lowest BCUT2D eigenvalue weighted by molar-refractivity contribution is 0.0972. The number of ketones is 1. The maximum atomic E-state index is 12.4. The molecule has 2 aromatic carbocycles. The van der Waals surface area contributed by atoms with Crippen LogP contribution in [0.1, 0.15) is 22.3 Å². The number of aryl methyl sites for hydroxylation is 1. The zero-order chi connectivity index (χ0) is 14.3. The summed E-state index contributed by atoms with van der Waals surface area (Å²) in [6.45, 7) is 0. The van der Waals surface area contributed by atoms with E-state index in [0.29, 0.717) is 12.0 Å². The molecule has 0 N–H and O–H groups in total. The number of hydrogen-bond acceptors (Lipinski definition) is 4. The van der Waals surface area contributed by atoms with Gasteiger partial charge in [-0.1, -0.05) is 36.4 Å². The molecule has 0 bridgehead atoms. The molecular weight excluding hydrogens is 276 g/mol. The van der Waals surface area contributed by atoms with E-state index in [4.69, 9.17) is 0 Å². The normalized spacial score (nSPS) is 19.1. The number of carbonyl (C=O) groups excluding carboxylic acids is 1. The first-order valence-electron chi connectivity index (χ1n) is 6.39. The van der Waals surface area contributed by atoms with Crippen molar-refractivity contribution in [2.24, 2.45) is 0 Å². The molecule has 0 saturated carbocycles. The van der Waals surface area contributed by atoms with Gasteiger partial charge in [0.1, 0.15) is 5.25 Å². The molecule has 1 unspecified atom stereocenters. The number of carbonyl (C=O) groups is 1. The van der Waals surface area contributed by atoms with Crippen molar-refractivity contribution in [3.8, 4) is 0 Å². The molecule has 0 spiro atoms. The number of fused-ring (bicyclic) bond motifs is 3. The van der Waals surface area contributed by atoms with Crippen LogP contribution in [0.2, 0.25) is 0 Å². The fourth-order valence-electron chi connectivity index (χ4n) is 2.81. The summed E-state index contributed by atoms with van der Waals surface area (Å²) in [6.07, 6.45) is 0.839. The van der Waals surface area contributed by atoms with Crippen molar-refractivity contribution in [2.75, 3.05) is 7.11 Å². The molecule has 20 heavy (non-hydrogen) atoms. The van der Waals surface area contributed by atoms with Crippen LogP contribution in [0.5, 0.6) is 0 Å². The number of benzene rings is 2. The van der Waals surface area contributed by atoms with Crippen molar-refractivity contribution in [1.82, 2.24) is 0 Å². The van der Waals surface area contributed by atoms with Crippen LogP contribution in [0.15, 0.2) is 36.4 Å². The molecule has 1 aliphatic rings. The van der Waals surface area contributed by atoms with Gasteiger partial charge in [0.2, 0.25) is 0 Å². The van der Waals surface area contributed by atoms with Crippen LogP contribution in [0.25, 0.3) is 10.8 Å². The van der Waals surface area contributed by atoms with Gasteiger partial charge in [0.05, 0.1) is 7.11 Å². The van der Waals surface area contributed by atoms with E-state index in [1.54, 1.807) is 6.07 Å². The second kappa shape index (κ2) is 4.68. The van der Waals surface area contributed by atoms with Crippen LogP contribution in [0, 0.1) is 0 Å². The average molecular weight is 290 g/mol. The second-order valence-electron chi connectivity index (χ2n) is 4.86. The fraction of sp³-hybridized carbons (Fsp3) is 0.267. The van der Waals surface area contributed by atoms with Gasteiger partial charge in [0.25, 0.3) is 10.1 Å². The molecule has 0 aromatic heterocycles. The lowest BCUT2D eigenvalue weighted by Gasteiger charge is -2.23. The third-order valence-corrected chi connectivity index (χ3v) is 5.45. The number of Topliss-reactive ketones (excluding diaryl/α,β-unsaturated/α-hetero) is 1. The number of rotatable bonds is 2. The molecule has 1 aliphatic carbocycles. The Kier molecular flexibility index (Phi) is 3.11. The predicted octanol–water partition coefficient (Wildman–Crippen LogP) is 2.31. The summed E-state index contributed by atoms with van der Waals surface area (Å²) in [4.78, 5) is 12.4. The second-order valence-corrected chi connectivity index (χ2v) is 6.75. The average Bonchev–Trinajstić information content (AvgIpc) is 2.47. The minimum Gasteiger partial charge on any atom is -0.293 e. The summed E-state index contributed by atoms with van der Waals surface area (Å²) >= 11 is 0. The van der Waals surface area contributed by atoms with E-state index in [2.05, 4.69) is 4.18 Å². The van der Waals surface area contributed by atoms with Crippen LogP contribution >= 0.6 is 0 Å². The van der Waals surface area contributed by atoms with Crippen molar-refractivity contribution in [3.05, 3.63) is 47.5 Å². The van der Waals surface area contributed by atoms with Crippen LogP contribution in [0.4, 0.5) is 0 Å². The Morgan fingerprint density at radius 1 is 1.15 bits per heavy atom. The molecule has 2 aromatic rings. The van der Waals surface area contributed by atoms with Crippen LogP contribution in [-0.2, 0) is 20.7 Å². The minimum atomic E-state index is -3.82. The Morgan fingerprint density at radius 3 is 2.65 bits per heavy atom. The van der Waals surface area contributed by atoms with E-state index in [-0.39, 0.29) is 12.2 Å². The molecule has 0 amide bonds. The van der Waals surface area contributed by atoms with Gasteiger partial charge >= 0.3 is 0 Å². The van der Waals surface area contributed by atoms with Gasteiger partial charge in [-0.05, 0) is 29.2 Å². The first kappa shape index (κ1) is 13.3. The molecule has 0 heterocycles. The van der Waals surface area contributed by atoms with Gasteiger partial charge in [-0.25, -0.2) is 0 Å². The fourth-order valence-corrected chi connectivity index (χ4v) is 3.84. The summed E-state index contributed by atoms with van der Waals surface area (Å²) < 4.78 is 28.1. The lowest BCUT2D eigenvalue weighted by Crippen LogP contribution is -2.35. The Bertz CT molecular complexity index is 793. The third-order valence-electron chi connectivity index (χ3n) is 3.84. The van der Waals surface area contributed by atoms with Gasteiger partial charge in [-0.3, -0.25) is 8.98 Å². The highest BCUT2D eigenvalue weighted by Gasteiger charge is 2.37. The lowest BCUT2D eigenvalue weighted by atomic mass is 9.86. The van der Waals surface area contributed by atoms with Gasteiger partial charge in [0, 0.05) is 5.56 Å². The molecule has 5 heteroatoms. The Hall–Kier alpha value is -1.72. The predicted molar refractivity (Wildman–Crippen MR) is 76.3 cm³/mol. The summed E-state index contributed by atoms with van der Waals surface area (Å²) in [5.74, 6) is -0.362. The minimum absolute atomic E-state index is 0.274. The quantitative estimate of drug-likeness (QED) is 0.796. The molecule has 0 aliphatic heterocycles. The third kappa shape index (κ3) is 1.94. The number of hydrogen-bond donors (Lipinski definition) is 0. The van der Waals surface area contributed by atoms with Crippen molar-refractivity contribution in [1.29, 1.82) is 0 Å². The Labute approximate surface area is 117 Å². The highest BCUT2D eigenvalue weighted by Crippen LogP contribution is 2.31. The molecule has 0 saturated heterocycles. The van der Waals surface area contributed by atoms with Gasteiger partial charge < -0.3 is 0 Å². The summed E-state index contributed by atoms with van der Waals surface area (Å²) in [5.41, 5.74) is 1.44. The Morgan fingerprint density at radius 2 is 1.90 bits per heavy atom. The van der Waals surface area contributed by atoms with Crippen molar-refractivity contribution in [2.45, 2.75) is 18.1 Å². The molecule has 104 valence electrons. The van der Waals surface area contributed by atoms with E-state index in [9.17, 15) is 13.2 Å². The zero-order valence-corrected chi connectivity index (χ0v) is 11.8. The molecule has 0 fully saturated rings. The van der Waals surface area contributed by atoms with Gasteiger partial charge in [-0.2, -0.15) is 8.42 Å². The van der Waals surface area contributed by atoms with E-state index < -0.39 is 15.4 Å². The Balaban J connectivity index is 2.16. The van der Waals surface area contributed by atoms with Crippen LogP contribution in [-0.4, -0.2) is 26.6 Å². The first-order valence-corrected chi connectivity index (χ1v) is 7.86. The van der Waals surface area contributed by atoms with Crippen molar-refractivity contribution in [3.63, 3.8) is 0 Å².